The maximum Gasteiger partial charge on any atom is 0.152 e. The van der Waals surface area contributed by atoms with Gasteiger partial charge in [0.25, 0.3) is 0 Å². The summed E-state index contributed by atoms with van der Waals surface area (Å²) >= 11 is 0. The van der Waals surface area contributed by atoms with Crippen molar-refractivity contribution in [1.29, 1.82) is 0 Å². The Balaban J connectivity index is 1.59. The lowest BCUT2D eigenvalue weighted by Crippen LogP contribution is -2.42. The van der Waals surface area contributed by atoms with Crippen LogP contribution in [0.15, 0.2) is 12.3 Å². The number of rotatable bonds is 4. The van der Waals surface area contributed by atoms with Crippen molar-refractivity contribution in [1.82, 2.24) is 15.1 Å². The number of nitrogens with zero attached hydrogens (tertiary/aromatic N) is 2. The van der Waals surface area contributed by atoms with Crippen LogP contribution < -0.4 is 5.32 Å². The molecule has 5 nitrogen and oxygen atoms in total. The van der Waals surface area contributed by atoms with Crippen molar-refractivity contribution in [3.05, 3.63) is 18.0 Å². The molecule has 0 radical (unpaired) electrons. The molecule has 1 aromatic rings. The van der Waals surface area contributed by atoms with Crippen molar-refractivity contribution in [2.45, 2.75) is 57.2 Å². The second-order valence-electron chi connectivity index (χ2n) is 6.48. The van der Waals surface area contributed by atoms with Crippen molar-refractivity contribution in [2.75, 3.05) is 11.5 Å². The molecule has 1 saturated carbocycles. The van der Waals surface area contributed by atoms with Gasteiger partial charge in [-0.25, -0.2) is 8.42 Å². The molecule has 1 atom stereocenters. The number of aromatic nitrogens is 2. The highest BCUT2D eigenvalue weighted by atomic mass is 32.2. The van der Waals surface area contributed by atoms with E-state index in [1.54, 1.807) is 0 Å². The van der Waals surface area contributed by atoms with Gasteiger partial charge in [0.1, 0.15) is 0 Å². The minimum atomic E-state index is -2.85. The molecule has 3 rings (SSSR count). The first-order chi connectivity index (χ1) is 9.46. The van der Waals surface area contributed by atoms with Gasteiger partial charge < -0.3 is 5.32 Å². The normalized spacial score (nSPS) is 30.1. The average Bonchev–Trinajstić information content (AvgIpc) is 3.07. The van der Waals surface area contributed by atoms with E-state index in [2.05, 4.69) is 21.3 Å². The van der Waals surface area contributed by atoms with Gasteiger partial charge in [0.2, 0.25) is 0 Å². The summed E-state index contributed by atoms with van der Waals surface area (Å²) in [5, 5.41) is 8.00. The Morgan fingerprint density at radius 1 is 1.45 bits per heavy atom. The topological polar surface area (TPSA) is 64.0 Å². The number of hydrogen-bond donors (Lipinski definition) is 1. The SMILES string of the molecule is CC1(NCc2ccn(C3CCCC3)n2)CCS(=O)(=O)C1. The minimum Gasteiger partial charge on any atom is -0.305 e. The molecule has 20 heavy (non-hydrogen) atoms. The van der Waals surface area contributed by atoms with Crippen LogP contribution >= 0.6 is 0 Å². The third-order valence-corrected chi connectivity index (χ3v) is 6.47. The van der Waals surface area contributed by atoms with E-state index in [0.29, 0.717) is 24.8 Å². The average molecular weight is 297 g/mol. The molecule has 112 valence electrons. The van der Waals surface area contributed by atoms with Gasteiger partial charge >= 0.3 is 0 Å². The maximum absolute atomic E-state index is 11.6. The van der Waals surface area contributed by atoms with Gasteiger partial charge in [-0.05, 0) is 32.3 Å². The summed E-state index contributed by atoms with van der Waals surface area (Å²) in [5.41, 5.74) is 0.707. The fraction of sp³-hybridized carbons (Fsp3) is 0.786. The summed E-state index contributed by atoms with van der Waals surface area (Å²) in [5.74, 6) is 0.538. The zero-order chi connectivity index (χ0) is 14.2. The van der Waals surface area contributed by atoms with Crippen molar-refractivity contribution >= 4 is 9.84 Å². The first-order valence-electron chi connectivity index (χ1n) is 7.45. The van der Waals surface area contributed by atoms with Crippen LogP contribution in [0.1, 0.15) is 50.8 Å². The van der Waals surface area contributed by atoms with Crippen LogP contribution in [0.4, 0.5) is 0 Å². The summed E-state index contributed by atoms with van der Waals surface area (Å²) in [7, 11) is -2.85. The lowest BCUT2D eigenvalue weighted by molar-refractivity contribution is 0.389. The van der Waals surface area contributed by atoms with Crippen molar-refractivity contribution < 1.29 is 8.42 Å². The summed E-state index contributed by atoms with van der Waals surface area (Å²) in [6.07, 6.45) is 7.80. The third kappa shape index (κ3) is 3.06. The number of hydrogen-bond acceptors (Lipinski definition) is 4. The molecule has 0 bridgehead atoms. The Kier molecular flexibility index (Phi) is 3.62. The van der Waals surface area contributed by atoms with Gasteiger partial charge in [-0.3, -0.25) is 4.68 Å². The Labute approximate surface area is 120 Å². The second-order valence-corrected chi connectivity index (χ2v) is 8.67. The van der Waals surface area contributed by atoms with E-state index in [9.17, 15) is 8.42 Å². The molecule has 1 saturated heterocycles. The lowest BCUT2D eigenvalue weighted by Gasteiger charge is -2.23. The molecule has 1 aliphatic heterocycles. The molecule has 2 aliphatic rings. The standard InChI is InChI=1S/C14H23N3O2S/c1-14(7-9-20(18,19)11-14)15-10-12-6-8-17(16-12)13-4-2-3-5-13/h6,8,13,15H,2-5,7,9-11H2,1H3. The quantitative estimate of drug-likeness (QED) is 0.918. The highest BCUT2D eigenvalue weighted by Crippen LogP contribution is 2.29. The van der Waals surface area contributed by atoms with Gasteiger partial charge in [0, 0.05) is 18.3 Å². The zero-order valence-corrected chi connectivity index (χ0v) is 12.8. The van der Waals surface area contributed by atoms with Crippen LogP contribution in [-0.4, -0.2) is 35.2 Å². The minimum absolute atomic E-state index is 0.239. The molecule has 1 aliphatic carbocycles. The second kappa shape index (κ2) is 5.15. The molecule has 0 aromatic carbocycles. The Morgan fingerprint density at radius 3 is 2.85 bits per heavy atom. The zero-order valence-electron chi connectivity index (χ0n) is 12.0. The molecule has 6 heteroatoms. The van der Waals surface area contributed by atoms with Crippen LogP contribution in [-0.2, 0) is 16.4 Å². The van der Waals surface area contributed by atoms with Gasteiger partial charge in [-0.15, -0.1) is 0 Å². The summed E-state index contributed by atoms with van der Waals surface area (Å²) in [4.78, 5) is 0. The van der Waals surface area contributed by atoms with E-state index >= 15 is 0 Å². The molecule has 2 fully saturated rings. The van der Waals surface area contributed by atoms with E-state index in [0.717, 1.165) is 5.69 Å². The smallest absolute Gasteiger partial charge is 0.152 e. The van der Waals surface area contributed by atoms with Gasteiger partial charge in [-0.2, -0.15) is 5.10 Å². The van der Waals surface area contributed by atoms with Crippen LogP contribution in [0.25, 0.3) is 0 Å². The van der Waals surface area contributed by atoms with Gasteiger partial charge in [0.05, 0.1) is 23.2 Å². The first kappa shape index (κ1) is 14.1. The van der Waals surface area contributed by atoms with E-state index in [-0.39, 0.29) is 11.3 Å². The third-order valence-electron chi connectivity index (χ3n) is 4.56. The molecule has 0 spiro atoms. The predicted molar refractivity (Wildman–Crippen MR) is 78.2 cm³/mol. The monoisotopic (exact) mass is 297 g/mol. The van der Waals surface area contributed by atoms with Gasteiger partial charge in [-0.1, -0.05) is 12.8 Å². The van der Waals surface area contributed by atoms with Crippen LogP contribution in [0.3, 0.4) is 0 Å². The molecular weight excluding hydrogens is 274 g/mol. The molecule has 1 aromatic heterocycles. The molecule has 1 N–H and O–H groups in total. The van der Waals surface area contributed by atoms with Crippen molar-refractivity contribution in [2.24, 2.45) is 0 Å². The van der Waals surface area contributed by atoms with Crippen LogP contribution in [0, 0.1) is 0 Å². The number of sulfone groups is 1. The fourth-order valence-electron chi connectivity index (χ4n) is 3.30. The van der Waals surface area contributed by atoms with Crippen LogP contribution in [0.5, 0.6) is 0 Å². The van der Waals surface area contributed by atoms with Gasteiger partial charge in [0.15, 0.2) is 9.84 Å². The van der Waals surface area contributed by atoms with E-state index in [1.807, 2.05) is 13.0 Å². The summed E-state index contributed by atoms with van der Waals surface area (Å²) in [6.45, 7) is 2.64. The summed E-state index contributed by atoms with van der Waals surface area (Å²) in [6, 6.07) is 2.60. The fourth-order valence-corrected chi connectivity index (χ4v) is 5.42. The molecule has 2 heterocycles. The van der Waals surface area contributed by atoms with Crippen molar-refractivity contribution in [3.8, 4) is 0 Å². The van der Waals surface area contributed by atoms with Crippen molar-refractivity contribution in [3.63, 3.8) is 0 Å². The maximum atomic E-state index is 11.6. The Bertz CT molecular complexity index is 575. The highest BCUT2D eigenvalue weighted by molar-refractivity contribution is 7.91. The molecular formula is C14H23N3O2S. The summed E-state index contributed by atoms with van der Waals surface area (Å²) < 4.78 is 25.2. The number of nitrogens with one attached hydrogen (secondary N) is 1. The van der Waals surface area contributed by atoms with E-state index in [1.165, 1.54) is 25.7 Å². The van der Waals surface area contributed by atoms with Crippen LogP contribution in [0.2, 0.25) is 0 Å². The Hall–Kier alpha value is -0.880. The Morgan fingerprint density at radius 2 is 2.20 bits per heavy atom. The van der Waals surface area contributed by atoms with E-state index in [4.69, 9.17) is 0 Å². The van der Waals surface area contributed by atoms with E-state index < -0.39 is 9.84 Å². The highest BCUT2D eigenvalue weighted by Gasteiger charge is 2.37. The predicted octanol–water partition coefficient (Wildman–Crippen LogP) is 1.67. The molecule has 0 amide bonds. The first-order valence-corrected chi connectivity index (χ1v) is 9.27. The largest absolute Gasteiger partial charge is 0.305 e. The lowest BCUT2D eigenvalue weighted by atomic mass is 10.0. The molecule has 1 unspecified atom stereocenters.